The van der Waals surface area contributed by atoms with Gasteiger partial charge in [0, 0.05) is 30.9 Å². The maximum absolute atomic E-state index is 11.4. The molecule has 2 heterocycles. The number of ether oxygens (including phenoxy) is 1. The Bertz CT molecular complexity index is 759. The highest BCUT2D eigenvalue weighted by molar-refractivity contribution is 5.94. The molecule has 0 radical (unpaired) electrons. The van der Waals surface area contributed by atoms with Gasteiger partial charge < -0.3 is 21.1 Å². The zero-order valence-electron chi connectivity index (χ0n) is 15.6. The Hall–Kier alpha value is -2.71. The van der Waals surface area contributed by atoms with E-state index in [1.807, 2.05) is 12.1 Å². The zero-order chi connectivity index (χ0) is 19.1. The number of rotatable bonds is 8. The van der Waals surface area contributed by atoms with Crippen LogP contribution in [0.5, 0.6) is 0 Å². The number of nitrogens with one attached hydrogen (secondary N) is 2. The molecular formula is C19H26N6O2. The maximum Gasteiger partial charge on any atom is 0.159 e. The Balaban J connectivity index is 1.54. The molecule has 2 aromatic rings. The third kappa shape index (κ3) is 5.38. The SMILES string of the molecule is CC(=O)c1ccc(Nc2ncnc(NCCCN3CCOCC3)c2N)cc1. The summed E-state index contributed by atoms with van der Waals surface area (Å²) in [4.78, 5) is 22.2. The monoisotopic (exact) mass is 370 g/mol. The molecule has 0 spiro atoms. The summed E-state index contributed by atoms with van der Waals surface area (Å²) >= 11 is 0. The molecule has 0 aliphatic carbocycles. The third-order valence-electron chi connectivity index (χ3n) is 4.49. The first-order valence-corrected chi connectivity index (χ1v) is 9.16. The molecule has 8 heteroatoms. The summed E-state index contributed by atoms with van der Waals surface area (Å²) in [6.07, 6.45) is 2.48. The summed E-state index contributed by atoms with van der Waals surface area (Å²) < 4.78 is 5.36. The number of hydrogen-bond acceptors (Lipinski definition) is 8. The van der Waals surface area contributed by atoms with Crippen LogP contribution in [0.1, 0.15) is 23.7 Å². The highest BCUT2D eigenvalue weighted by Gasteiger charge is 2.11. The van der Waals surface area contributed by atoms with Gasteiger partial charge in [0.05, 0.1) is 13.2 Å². The van der Waals surface area contributed by atoms with Crippen molar-refractivity contribution in [3.63, 3.8) is 0 Å². The second-order valence-electron chi connectivity index (χ2n) is 6.48. The molecule has 144 valence electrons. The highest BCUT2D eigenvalue weighted by atomic mass is 16.5. The molecule has 1 aromatic heterocycles. The van der Waals surface area contributed by atoms with Crippen LogP contribution < -0.4 is 16.4 Å². The molecule has 8 nitrogen and oxygen atoms in total. The van der Waals surface area contributed by atoms with Gasteiger partial charge in [0.25, 0.3) is 0 Å². The van der Waals surface area contributed by atoms with Gasteiger partial charge >= 0.3 is 0 Å². The average molecular weight is 370 g/mol. The molecule has 1 aromatic carbocycles. The molecule has 0 unspecified atom stereocenters. The second-order valence-corrected chi connectivity index (χ2v) is 6.48. The number of nitrogen functional groups attached to an aromatic ring is 1. The van der Waals surface area contributed by atoms with Crippen molar-refractivity contribution in [1.82, 2.24) is 14.9 Å². The van der Waals surface area contributed by atoms with Crippen molar-refractivity contribution in [2.75, 3.05) is 55.8 Å². The molecule has 0 saturated carbocycles. The Morgan fingerprint density at radius 3 is 2.59 bits per heavy atom. The summed E-state index contributed by atoms with van der Waals surface area (Å²) in [5.74, 6) is 1.19. The number of anilines is 4. The standard InChI is InChI=1S/C19H26N6O2/c1-14(26)15-3-5-16(6-4-15)24-19-17(20)18(22-13-23-19)21-7-2-8-25-9-11-27-12-10-25/h3-6,13H,2,7-12,20H2,1H3,(H2,21,22,23,24). The van der Waals surface area contributed by atoms with E-state index >= 15 is 0 Å². The van der Waals surface area contributed by atoms with Crippen molar-refractivity contribution in [2.45, 2.75) is 13.3 Å². The number of aromatic nitrogens is 2. The fourth-order valence-corrected chi connectivity index (χ4v) is 2.90. The first-order valence-electron chi connectivity index (χ1n) is 9.16. The normalized spacial score (nSPS) is 14.7. The molecule has 3 rings (SSSR count). The van der Waals surface area contributed by atoms with Crippen LogP contribution in [0, 0.1) is 0 Å². The highest BCUT2D eigenvalue weighted by Crippen LogP contribution is 2.25. The van der Waals surface area contributed by atoms with Crippen LogP contribution in [-0.2, 0) is 4.74 Å². The number of carbonyl (C=O) groups is 1. The van der Waals surface area contributed by atoms with Crippen LogP contribution in [0.2, 0.25) is 0 Å². The van der Waals surface area contributed by atoms with Gasteiger partial charge in [-0.1, -0.05) is 0 Å². The first-order chi connectivity index (χ1) is 13.1. The maximum atomic E-state index is 11.4. The van der Waals surface area contributed by atoms with Gasteiger partial charge in [0.1, 0.15) is 12.0 Å². The number of hydrogen-bond donors (Lipinski definition) is 3. The van der Waals surface area contributed by atoms with Crippen molar-refractivity contribution in [2.24, 2.45) is 0 Å². The van der Waals surface area contributed by atoms with Crippen molar-refractivity contribution in [3.8, 4) is 0 Å². The molecule has 0 atom stereocenters. The van der Waals surface area contributed by atoms with E-state index in [2.05, 4.69) is 25.5 Å². The summed E-state index contributed by atoms with van der Waals surface area (Å²) in [5.41, 5.74) is 8.15. The fraction of sp³-hybridized carbons (Fsp3) is 0.421. The van der Waals surface area contributed by atoms with E-state index < -0.39 is 0 Å². The van der Waals surface area contributed by atoms with Gasteiger partial charge in [-0.15, -0.1) is 0 Å². The molecule has 0 bridgehead atoms. The van der Waals surface area contributed by atoms with E-state index in [0.717, 1.165) is 51.5 Å². The lowest BCUT2D eigenvalue weighted by molar-refractivity contribution is 0.0378. The minimum absolute atomic E-state index is 0.0339. The lowest BCUT2D eigenvalue weighted by Gasteiger charge is -2.26. The summed E-state index contributed by atoms with van der Waals surface area (Å²) in [6, 6.07) is 7.20. The molecule has 4 N–H and O–H groups in total. The van der Waals surface area contributed by atoms with E-state index in [1.54, 1.807) is 19.1 Å². The molecule has 1 fully saturated rings. The van der Waals surface area contributed by atoms with Crippen LogP contribution >= 0.6 is 0 Å². The number of nitrogens with two attached hydrogens (primary N) is 1. The Kier molecular flexibility index (Phi) is 6.56. The first kappa shape index (κ1) is 19.1. The van der Waals surface area contributed by atoms with Gasteiger partial charge in [-0.2, -0.15) is 0 Å². The molecule has 0 amide bonds. The number of carbonyl (C=O) groups excluding carboxylic acids is 1. The van der Waals surface area contributed by atoms with Crippen LogP contribution in [-0.4, -0.2) is 60.0 Å². The summed E-state index contributed by atoms with van der Waals surface area (Å²) in [7, 11) is 0. The van der Waals surface area contributed by atoms with Gasteiger partial charge in [-0.3, -0.25) is 9.69 Å². The lowest BCUT2D eigenvalue weighted by Crippen LogP contribution is -2.37. The third-order valence-corrected chi connectivity index (χ3v) is 4.49. The van der Waals surface area contributed by atoms with E-state index in [0.29, 0.717) is 22.9 Å². The van der Waals surface area contributed by atoms with Crippen molar-refractivity contribution in [3.05, 3.63) is 36.2 Å². The van der Waals surface area contributed by atoms with E-state index in [-0.39, 0.29) is 5.78 Å². The molecule has 1 aliphatic rings. The van der Waals surface area contributed by atoms with Crippen LogP contribution in [0.3, 0.4) is 0 Å². The molecule has 1 aliphatic heterocycles. The number of nitrogens with zero attached hydrogens (tertiary/aromatic N) is 3. The fourth-order valence-electron chi connectivity index (χ4n) is 2.90. The minimum Gasteiger partial charge on any atom is -0.393 e. The van der Waals surface area contributed by atoms with E-state index in [4.69, 9.17) is 10.5 Å². The second kappa shape index (κ2) is 9.29. The Labute approximate surface area is 159 Å². The Morgan fingerprint density at radius 2 is 1.89 bits per heavy atom. The zero-order valence-corrected chi connectivity index (χ0v) is 15.6. The van der Waals surface area contributed by atoms with Gasteiger partial charge in [-0.05, 0) is 44.2 Å². The number of benzene rings is 1. The van der Waals surface area contributed by atoms with Crippen molar-refractivity contribution < 1.29 is 9.53 Å². The molecular weight excluding hydrogens is 344 g/mol. The number of morpholine rings is 1. The van der Waals surface area contributed by atoms with Gasteiger partial charge in [-0.25, -0.2) is 9.97 Å². The summed E-state index contributed by atoms with van der Waals surface area (Å²) in [5, 5.41) is 6.46. The van der Waals surface area contributed by atoms with Crippen molar-refractivity contribution >= 4 is 28.8 Å². The largest absolute Gasteiger partial charge is 0.393 e. The van der Waals surface area contributed by atoms with Gasteiger partial charge in [0.15, 0.2) is 17.4 Å². The topological polar surface area (TPSA) is 105 Å². The summed E-state index contributed by atoms with van der Waals surface area (Å²) in [6.45, 7) is 6.96. The van der Waals surface area contributed by atoms with E-state index in [9.17, 15) is 4.79 Å². The van der Waals surface area contributed by atoms with Crippen LogP contribution in [0.25, 0.3) is 0 Å². The lowest BCUT2D eigenvalue weighted by atomic mass is 10.1. The predicted octanol–water partition coefficient (Wildman–Crippen LogP) is 2.14. The number of ketones is 1. The van der Waals surface area contributed by atoms with Gasteiger partial charge in [0.2, 0.25) is 0 Å². The molecule has 1 saturated heterocycles. The van der Waals surface area contributed by atoms with Crippen LogP contribution in [0.4, 0.5) is 23.0 Å². The molecule has 27 heavy (non-hydrogen) atoms. The Morgan fingerprint density at radius 1 is 1.19 bits per heavy atom. The average Bonchev–Trinajstić information content (AvgIpc) is 2.69. The smallest absolute Gasteiger partial charge is 0.159 e. The minimum atomic E-state index is 0.0339. The quantitative estimate of drug-likeness (QED) is 0.479. The predicted molar refractivity (Wildman–Crippen MR) is 107 cm³/mol. The van der Waals surface area contributed by atoms with E-state index in [1.165, 1.54) is 6.33 Å². The van der Waals surface area contributed by atoms with Crippen LogP contribution in [0.15, 0.2) is 30.6 Å². The number of Topliss-reactive ketones (excluding diaryl/α,β-unsaturated/α-hetero) is 1. The van der Waals surface area contributed by atoms with Crippen molar-refractivity contribution in [1.29, 1.82) is 0 Å².